The number of hydrogen-bond donors (Lipinski definition) is 3. The lowest BCUT2D eigenvalue weighted by molar-refractivity contribution is 0.381. The Morgan fingerprint density at radius 1 is 0.905 bits per heavy atom. The van der Waals surface area contributed by atoms with Gasteiger partial charge in [-0.25, -0.2) is 0 Å². The largest absolute Gasteiger partial charge is 0.394 e. The van der Waals surface area contributed by atoms with Crippen molar-refractivity contribution in [3.63, 3.8) is 0 Å². The third kappa shape index (κ3) is 32.5. The lowest BCUT2D eigenvalue weighted by Crippen LogP contribution is -2.02. The van der Waals surface area contributed by atoms with Gasteiger partial charge in [-0.1, -0.05) is 55.7 Å². The number of aryl methyl sites for hydroxylation is 1. The first-order chi connectivity index (χ1) is 9.45. The second-order valence-corrected chi connectivity index (χ2v) is 6.56. The number of unbranched alkanes of at least 4 members (excludes halogenated alkanes) is 2. The van der Waals surface area contributed by atoms with E-state index in [9.17, 15) is 8.42 Å². The molecule has 3 N–H and O–H groups in total. The van der Waals surface area contributed by atoms with Crippen molar-refractivity contribution < 1.29 is 30.5 Å². The fraction of sp³-hybridized carbons (Fsp3) is 0.500. The topological polar surface area (TPSA) is 129 Å². The molecule has 0 radical (unpaired) electrons. The van der Waals surface area contributed by atoms with Gasteiger partial charge in [0.2, 0.25) is 0 Å². The highest BCUT2D eigenvalue weighted by Gasteiger charge is 2.01. The molecule has 0 saturated heterocycles. The summed E-state index contributed by atoms with van der Waals surface area (Å²) in [5.74, 6) is -0.0964. The molecule has 0 bridgehead atoms. The van der Waals surface area contributed by atoms with Crippen molar-refractivity contribution in [2.24, 2.45) is 0 Å². The molecule has 0 aliphatic rings. The first kappa shape index (κ1) is 22.3. The smallest absolute Gasteiger partial charge is 0.286 e. The maximum Gasteiger partial charge on any atom is 0.394 e. The van der Waals surface area contributed by atoms with E-state index in [0.29, 0.717) is 6.42 Å². The molecule has 1 rings (SSSR count). The maximum atomic E-state index is 10.1. The van der Waals surface area contributed by atoms with Gasteiger partial charge in [0.1, 0.15) is 0 Å². The molecule has 7 nitrogen and oxygen atoms in total. The monoisotopic (exact) mass is 342 g/mol. The standard InChI is InChI=1S/C7H8.C5H12O3S.H2O4S/c1-7-5-3-2-4-6-7;1-2-3-4-5-9(6,7)8;1-5(2,3)4/h2-6H,1H3;2-5H2,1H3,(H,6,7,8);(H2,1,2,3,4). The highest BCUT2D eigenvalue weighted by molar-refractivity contribution is 7.85. The van der Waals surface area contributed by atoms with Crippen LogP contribution < -0.4 is 0 Å². The Bertz CT molecular complexity index is 543. The van der Waals surface area contributed by atoms with Crippen LogP contribution in [0.4, 0.5) is 0 Å². The SMILES string of the molecule is CCCCCS(=O)(=O)O.Cc1ccccc1.O=S(=O)(O)O. The van der Waals surface area contributed by atoms with E-state index < -0.39 is 20.5 Å². The van der Waals surface area contributed by atoms with Gasteiger partial charge in [-0.2, -0.15) is 16.8 Å². The van der Waals surface area contributed by atoms with Gasteiger partial charge >= 0.3 is 10.4 Å². The van der Waals surface area contributed by atoms with Crippen molar-refractivity contribution in [3.05, 3.63) is 35.9 Å². The van der Waals surface area contributed by atoms with E-state index in [4.69, 9.17) is 22.1 Å². The van der Waals surface area contributed by atoms with Crippen LogP contribution in [0.3, 0.4) is 0 Å². The van der Waals surface area contributed by atoms with Crippen molar-refractivity contribution in [1.82, 2.24) is 0 Å². The first-order valence-corrected chi connectivity index (χ1v) is 9.13. The molecule has 124 valence electrons. The minimum atomic E-state index is -4.67. The van der Waals surface area contributed by atoms with Crippen LogP contribution in [0.2, 0.25) is 0 Å². The zero-order chi connectivity index (χ0) is 16.9. The van der Waals surface area contributed by atoms with E-state index in [1.165, 1.54) is 5.56 Å². The Kier molecular flexibility index (Phi) is 12.3. The second kappa shape index (κ2) is 11.6. The molecule has 1 aromatic rings. The van der Waals surface area contributed by atoms with Gasteiger partial charge in [0.15, 0.2) is 0 Å². The summed E-state index contributed by atoms with van der Waals surface area (Å²) in [6.07, 6.45) is 2.39. The molecule has 0 spiro atoms. The summed E-state index contributed by atoms with van der Waals surface area (Å²) in [6.45, 7) is 4.06. The van der Waals surface area contributed by atoms with Gasteiger partial charge in [-0.3, -0.25) is 13.7 Å². The second-order valence-electron chi connectivity index (χ2n) is 4.10. The Hall–Kier alpha value is -1.00. The predicted molar refractivity (Wildman–Crippen MR) is 81.3 cm³/mol. The van der Waals surface area contributed by atoms with Gasteiger partial charge in [0.05, 0.1) is 5.75 Å². The summed E-state index contributed by atoms with van der Waals surface area (Å²) in [7, 11) is -8.36. The quantitative estimate of drug-likeness (QED) is 0.566. The molecule has 0 amide bonds. The summed E-state index contributed by atoms with van der Waals surface area (Å²) < 4.78 is 59.9. The van der Waals surface area contributed by atoms with Gasteiger partial charge < -0.3 is 0 Å². The Balaban J connectivity index is 0. The molecular weight excluding hydrogens is 320 g/mol. The molecule has 0 aromatic heterocycles. The average molecular weight is 342 g/mol. The molecule has 0 heterocycles. The van der Waals surface area contributed by atoms with Crippen LogP contribution in [0.1, 0.15) is 31.7 Å². The first-order valence-electron chi connectivity index (χ1n) is 6.12. The Morgan fingerprint density at radius 3 is 1.57 bits per heavy atom. The van der Waals surface area contributed by atoms with Crippen molar-refractivity contribution in [3.8, 4) is 0 Å². The molecule has 0 fully saturated rings. The molecule has 0 aliphatic heterocycles. The van der Waals surface area contributed by atoms with E-state index in [1.807, 2.05) is 25.1 Å². The molecule has 1 aromatic carbocycles. The zero-order valence-electron chi connectivity index (χ0n) is 12.0. The minimum Gasteiger partial charge on any atom is -0.286 e. The van der Waals surface area contributed by atoms with E-state index in [-0.39, 0.29) is 5.75 Å². The van der Waals surface area contributed by atoms with Crippen molar-refractivity contribution in [2.75, 3.05) is 5.75 Å². The summed E-state index contributed by atoms with van der Waals surface area (Å²) in [4.78, 5) is 0. The molecule has 0 unspecified atom stereocenters. The van der Waals surface area contributed by atoms with Crippen LogP contribution in [0.15, 0.2) is 30.3 Å². The molecule has 0 aliphatic carbocycles. The van der Waals surface area contributed by atoms with Crippen LogP contribution in [0, 0.1) is 6.92 Å². The van der Waals surface area contributed by atoms with E-state index in [0.717, 1.165) is 12.8 Å². The maximum absolute atomic E-state index is 10.1. The summed E-state index contributed by atoms with van der Waals surface area (Å²) in [6, 6.07) is 10.3. The fourth-order valence-electron chi connectivity index (χ4n) is 1.07. The molecule has 21 heavy (non-hydrogen) atoms. The van der Waals surface area contributed by atoms with Gasteiger partial charge in [-0.05, 0) is 13.3 Å². The zero-order valence-corrected chi connectivity index (χ0v) is 13.6. The fourth-order valence-corrected chi connectivity index (χ4v) is 1.64. The Labute approximate surface area is 126 Å². The number of hydrogen-bond acceptors (Lipinski definition) is 4. The van der Waals surface area contributed by atoms with Crippen LogP contribution in [-0.2, 0) is 20.5 Å². The van der Waals surface area contributed by atoms with Crippen molar-refractivity contribution in [1.29, 1.82) is 0 Å². The summed E-state index contributed by atoms with van der Waals surface area (Å²) in [5, 5.41) is 0. The number of rotatable bonds is 4. The normalized spacial score (nSPS) is 10.7. The van der Waals surface area contributed by atoms with Gasteiger partial charge in [0.25, 0.3) is 10.1 Å². The van der Waals surface area contributed by atoms with Crippen LogP contribution in [0.25, 0.3) is 0 Å². The van der Waals surface area contributed by atoms with Crippen LogP contribution >= 0.6 is 0 Å². The predicted octanol–water partition coefficient (Wildman–Crippen LogP) is 2.41. The Morgan fingerprint density at radius 2 is 1.33 bits per heavy atom. The highest BCUT2D eigenvalue weighted by atomic mass is 32.3. The third-order valence-corrected chi connectivity index (χ3v) is 2.75. The van der Waals surface area contributed by atoms with Crippen LogP contribution in [0.5, 0.6) is 0 Å². The summed E-state index contributed by atoms with van der Waals surface area (Å²) in [5.41, 5.74) is 1.32. The van der Waals surface area contributed by atoms with Crippen molar-refractivity contribution in [2.45, 2.75) is 33.1 Å². The molecule has 0 atom stereocenters. The lowest BCUT2D eigenvalue weighted by Gasteiger charge is -1.92. The lowest BCUT2D eigenvalue weighted by atomic mass is 10.2. The third-order valence-electron chi connectivity index (χ3n) is 1.95. The van der Waals surface area contributed by atoms with E-state index in [1.54, 1.807) is 0 Å². The van der Waals surface area contributed by atoms with Crippen LogP contribution in [-0.4, -0.2) is 36.2 Å². The highest BCUT2D eigenvalue weighted by Crippen LogP contribution is 1.96. The molecule has 9 heteroatoms. The van der Waals surface area contributed by atoms with Gasteiger partial charge in [0, 0.05) is 0 Å². The van der Waals surface area contributed by atoms with Gasteiger partial charge in [-0.15, -0.1) is 0 Å². The number of benzene rings is 1. The molecule has 0 saturated carbocycles. The van der Waals surface area contributed by atoms with Crippen molar-refractivity contribution >= 4 is 20.5 Å². The average Bonchev–Trinajstić information content (AvgIpc) is 2.27. The van der Waals surface area contributed by atoms with E-state index >= 15 is 0 Å². The summed E-state index contributed by atoms with van der Waals surface area (Å²) >= 11 is 0. The van der Waals surface area contributed by atoms with E-state index in [2.05, 4.69) is 19.1 Å². The molecular formula is C12H22O7S2. The minimum absolute atomic E-state index is 0.0964.